The van der Waals surface area contributed by atoms with E-state index in [9.17, 15) is 0 Å². The van der Waals surface area contributed by atoms with E-state index >= 15 is 0 Å². The van der Waals surface area contributed by atoms with Crippen molar-refractivity contribution >= 4 is 11.6 Å². The molecule has 2 unspecified atom stereocenters. The molecule has 0 fully saturated rings. The number of nitrogens with zero attached hydrogens (tertiary/aromatic N) is 2. The third kappa shape index (κ3) is 3.84. The zero-order valence-corrected chi connectivity index (χ0v) is 10.5. The number of halogens is 1. The van der Waals surface area contributed by atoms with Gasteiger partial charge in [-0.1, -0.05) is 25.4 Å². The minimum atomic E-state index is 0.377. The van der Waals surface area contributed by atoms with E-state index in [4.69, 9.17) is 11.6 Å². The second-order valence-electron chi connectivity index (χ2n) is 4.06. The van der Waals surface area contributed by atoms with Gasteiger partial charge in [-0.2, -0.15) is 5.10 Å². The van der Waals surface area contributed by atoms with Crippen LogP contribution < -0.4 is 5.32 Å². The number of rotatable bonds is 6. The smallest absolute Gasteiger partial charge is 0.0785 e. The van der Waals surface area contributed by atoms with Gasteiger partial charge in [0.05, 0.1) is 17.3 Å². The van der Waals surface area contributed by atoms with E-state index in [0.29, 0.717) is 17.0 Å². The van der Waals surface area contributed by atoms with Crippen LogP contribution in [-0.2, 0) is 0 Å². The van der Waals surface area contributed by atoms with E-state index in [1.165, 1.54) is 6.42 Å². The van der Waals surface area contributed by atoms with Crippen molar-refractivity contribution in [2.75, 3.05) is 13.1 Å². The lowest BCUT2D eigenvalue weighted by molar-refractivity contribution is 0.337. The Kier molecular flexibility index (Phi) is 5.12. The molecule has 1 rings (SSSR count). The Morgan fingerprint density at radius 3 is 2.80 bits per heavy atom. The van der Waals surface area contributed by atoms with Crippen LogP contribution >= 0.6 is 11.6 Å². The first-order valence-electron chi connectivity index (χ1n) is 5.55. The molecular formula is C11H20ClN3. The first-order valence-corrected chi connectivity index (χ1v) is 5.93. The fourth-order valence-electron chi connectivity index (χ4n) is 1.48. The third-order valence-electron chi connectivity index (χ3n) is 2.70. The first kappa shape index (κ1) is 12.5. The Hall–Kier alpha value is -0.540. The first-order chi connectivity index (χ1) is 7.15. The molecule has 1 N–H and O–H groups in total. The normalized spacial score (nSPS) is 15.2. The number of hydrogen-bond donors (Lipinski definition) is 1. The maximum absolute atomic E-state index is 5.84. The van der Waals surface area contributed by atoms with E-state index in [-0.39, 0.29) is 0 Å². The topological polar surface area (TPSA) is 29.9 Å². The highest BCUT2D eigenvalue weighted by Crippen LogP contribution is 2.17. The monoisotopic (exact) mass is 229 g/mol. The zero-order chi connectivity index (χ0) is 11.3. The highest BCUT2D eigenvalue weighted by molar-refractivity contribution is 6.30. The molecule has 0 radical (unpaired) electrons. The lowest BCUT2D eigenvalue weighted by atomic mass is 10.0. The molecule has 4 heteroatoms. The van der Waals surface area contributed by atoms with Gasteiger partial charge in [0.25, 0.3) is 0 Å². The molecule has 1 heterocycles. The molecule has 2 atom stereocenters. The minimum absolute atomic E-state index is 0.377. The Morgan fingerprint density at radius 2 is 2.27 bits per heavy atom. The molecule has 3 nitrogen and oxygen atoms in total. The van der Waals surface area contributed by atoms with E-state index in [0.717, 1.165) is 13.1 Å². The predicted molar refractivity (Wildman–Crippen MR) is 64.3 cm³/mol. The molecule has 86 valence electrons. The number of hydrogen-bond acceptors (Lipinski definition) is 2. The molecule has 0 bridgehead atoms. The average molecular weight is 230 g/mol. The summed E-state index contributed by atoms with van der Waals surface area (Å²) in [6, 6.07) is 0.377. The second kappa shape index (κ2) is 6.13. The molecule has 0 spiro atoms. The second-order valence-corrected chi connectivity index (χ2v) is 4.50. The molecule has 0 amide bonds. The van der Waals surface area contributed by atoms with Gasteiger partial charge in [0.15, 0.2) is 0 Å². The molecular weight excluding hydrogens is 210 g/mol. The summed E-state index contributed by atoms with van der Waals surface area (Å²) in [5, 5.41) is 8.34. The standard InChI is InChI=1S/C11H20ClN3/c1-4-5-13-6-9(2)10(3)15-8-11(12)7-14-15/h7-10,13H,4-6H2,1-3H3. The lowest BCUT2D eigenvalue weighted by Gasteiger charge is -2.20. The van der Waals surface area contributed by atoms with E-state index in [1.807, 2.05) is 10.9 Å². The Morgan fingerprint density at radius 1 is 1.53 bits per heavy atom. The van der Waals surface area contributed by atoms with Crippen LogP contribution in [0, 0.1) is 5.92 Å². The summed E-state index contributed by atoms with van der Waals surface area (Å²) in [6.07, 6.45) is 4.74. The Balaban J connectivity index is 2.42. The van der Waals surface area contributed by atoms with Crippen molar-refractivity contribution in [1.29, 1.82) is 0 Å². The van der Waals surface area contributed by atoms with Gasteiger partial charge in [-0.3, -0.25) is 4.68 Å². The molecule has 15 heavy (non-hydrogen) atoms. The van der Waals surface area contributed by atoms with Gasteiger partial charge in [0, 0.05) is 6.20 Å². The van der Waals surface area contributed by atoms with Crippen LogP contribution in [0.5, 0.6) is 0 Å². The van der Waals surface area contributed by atoms with Crippen LogP contribution in [0.25, 0.3) is 0 Å². The van der Waals surface area contributed by atoms with Crippen molar-refractivity contribution in [1.82, 2.24) is 15.1 Å². The van der Waals surface area contributed by atoms with Crippen LogP contribution in [0.3, 0.4) is 0 Å². The predicted octanol–water partition coefficient (Wildman–Crippen LogP) is 2.73. The summed E-state index contributed by atoms with van der Waals surface area (Å²) in [7, 11) is 0. The van der Waals surface area contributed by atoms with Crippen LogP contribution in [0.1, 0.15) is 33.2 Å². The SMILES string of the molecule is CCCNCC(C)C(C)n1cc(Cl)cn1. The summed E-state index contributed by atoms with van der Waals surface area (Å²) in [6.45, 7) is 8.67. The summed E-state index contributed by atoms with van der Waals surface area (Å²) in [4.78, 5) is 0. The molecule has 0 aliphatic carbocycles. The Bertz CT molecular complexity index is 285. The van der Waals surface area contributed by atoms with Crippen molar-refractivity contribution in [3.63, 3.8) is 0 Å². The molecule has 1 aromatic heterocycles. The highest BCUT2D eigenvalue weighted by atomic mass is 35.5. The molecule has 0 aliphatic heterocycles. The summed E-state index contributed by atoms with van der Waals surface area (Å²) in [5.74, 6) is 0.549. The van der Waals surface area contributed by atoms with Gasteiger partial charge in [-0.25, -0.2) is 0 Å². The van der Waals surface area contributed by atoms with Crippen LogP contribution in [-0.4, -0.2) is 22.9 Å². The molecule has 0 aromatic carbocycles. The average Bonchev–Trinajstić information content (AvgIpc) is 2.64. The largest absolute Gasteiger partial charge is 0.316 e. The van der Waals surface area contributed by atoms with Gasteiger partial charge >= 0.3 is 0 Å². The van der Waals surface area contributed by atoms with Gasteiger partial charge in [-0.05, 0) is 32.4 Å². The fraction of sp³-hybridized carbons (Fsp3) is 0.727. The third-order valence-corrected chi connectivity index (χ3v) is 2.90. The lowest BCUT2D eigenvalue weighted by Crippen LogP contribution is -2.27. The van der Waals surface area contributed by atoms with E-state index in [1.54, 1.807) is 6.20 Å². The van der Waals surface area contributed by atoms with E-state index < -0.39 is 0 Å². The molecule has 0 saturated heterocycles. The molecule has 0 aliphatic rings. The summed E-state index contributed by atoms with van der Waals surface area (Å²) >= 11 is 5.84. The maximum Gasteiger partial charge on any atom is 0.0785 e. The van der Waals surface area contributed by atoms with Crippen molar-refractivity contribution in [2.24, 2.45) is 5.92 Å². The minimum Gasteiger partial charge on any atom is -0.316 e. The van der Waals surface area contributed by atoms with Gasteiger partial charge in [-0.15, -0.1) is 0 Å². The fourth-order valence-corrected chi connectivity index (χ4v) is 1.62. The highest BCUT2D eigenvalue weighted by Gasteiger charge is 2.14. The number of nitrogens with one attached hydrogen (secondary N) is 1. The van der Waals surface area contributed by atoms with Crippen LogP contribution in [0.15, 0.2) is 12.4 Å². The zero-order valence-electron chi connectivity index (χ0n) is 9.70. The summed E-state index contributed by atoms with van der Waals surface area (Å²) < 4.78 is 1.93. The molecule has 0 saturated carbocycles. The maximum atomic E-state index is 5.84. The van der Waals surface area contributed by atoms with Crippen molar-refractivity contribution in [3.05, 3.63) is 17.4 Å². The van der Waals surface area contributed by atoms with Crippen molar-refractivity contribution in [3.8, 4) is 0 Å². The van der Waals surface area contributed by atoms with Crippen LogP contribution in [0.4, 0.5) is 0 Å². The van der Waals surface area contributed by atoms with Crippen molar-refractivity contribution in [2.45, 2.75) is 33.2 Å². The number of aromatic nitrogens is 2. The van der Waals surface area contributed by atoms with Gasteiger partial charge in [0.1, 0.15) is 0 Å². The van der Waals surface area contributed by atoms with Crippen molar-refractivity contribution < 1.29 is 0 Å². The Labute approximate surface area is 96.8 Å². The molecule has 1 aromatic rings. The van der Waals surface area contributed by atoms with E-state index in [2.05, 4.69) is 31.2 Å². The quantitative estimate of drug-likeness (QED) is 0.761. The van der Waals surface area contributed by atoms with Gasteiger partial charge in [0.2, 0.25) is 0 Å². The van der Waals surface area contributed by atoms with Crippen LogP contribution in [0.2, 0.25) is 5.02 Å². The van der Waals surface area contributed by atoms with Gasteiger partial charge < -0.3 is 5.32 Å². The summed E-state index contributed by atoms with van der Waals surface area (Å²) in [5.41, 5.74) is 0.